The van der Waals surface area contributed by atoms with Crippen LogP contribution in [0.3, 0.4) is 0 Å². The number of hydrogen-bond acceptors (Lipinski definition) is 5. The van der Waals surface area contributed by atoms with Crippen molar-refractivity contribution in [2.75, 3.05) is 11.5 Å². The van der Waals surface area contributed by atoms with E-state index in [2.05, 4.69) is 0 Å². The van der Waals surface area contributed by atoms with Gasteiger partial charge in [-0.25, -0.2) is 0 Å². The standard InChI is InChI=1S/C27H24ClNO5/c1-3-16-5-10-19(11-6-16)29-24(17-7-12-20(30)13-8-17)23(26(32)27(29)33)25(31)18-9-14-21(28)22(15-18)34-4-2/h5-15,24,30-31H,3-4H2,1-2H3/b25-23-. The number of anilines is 1. The van der Waals surface area contributed by atoms with Crippen molar-refractivity contribution in [2.24, 2.45) is 0 Å². The van der Waals surface area contributed by atoms with Gasteiger partial charge in [-0.15, -0.1) is 0 Å². The van der Waals surface area contributed by atoms with Gasteiger partial charge in [0.2, 0.25) is 0 Å². The number of aliphatic hydroxyl groups is 1. The zero-order valence-electron chi connectivity index (χ0n) is 18.8. The summed E-state index contributed by atoms with van der Waals surface area (Å²) in [6.45, 7) is 4.21. The van der Waals surface area contributed by atoms with Crippen LogP contribution in [0.15, 0.2) is 72.3 Å². The third-order valence-electron chi connectivity index (χ3n) is 5.78. The molecule has 4 rings (SSSR count). The first-order chi connectivity index (χ1) is 16.3. The molecular weight excluding hydrogens is 454 g/mol. The Balaban J connectivity index is 1.91. The molecule has 1 saturated heterocycles. The van der Waals surface area contributed by atoms with Crippen molar-refractivity contribution in [3.63, 3.8) is 0 Å². The maximum atomic E-state index is 13.2. The molecule has 174 valence electrons. The van der Waals surface area contributed by atoms with Crippen molar-refractivity contribution >= 4 is 34.7 Å². The number of ether oxygens (including phenoxy) is 1. The van der Waals surface area contributed by atoms with Gasteiger partial charge in [0.25, 0.3) is 11.7 Å². The summed E-state index contributed by atoms with van der Waals surface area (Å²) >= 11 is 6.18. The lowest BCUT2D eigenvalue weighted by atomic mass is 9.95. The average Bonchev–Trinajstić information content (AvgIpc) is 3.11. The Morgan fingerprint density at radius 2 is 1.68 bits per heavy atom. The molecule has 1 aliphatic heterocycles. The van der Waals surface area contributed by atoms with Crippen molar-refractivity contribution in [1.82, 2.24) is 0 Å². The van der Waals surface area contributed by atoms with E-state index in [0.717, 1.165) is 12.0 Å². The summed E-state index contributed by atoms with van der Waals surface area (Å²) in [5.41, 5.74) is 2.43. The Hall–Kier alpha value is -3.77. The second-order valence-electron chi connectivity index (χ2n) is 7.86. The highest BCUT2D eigenvalue weighted by atomic mass is 35.5. The van der Waals surface area contributed by atoms with Gasteiger partial charge in [0.05, 0.1) is 23.2 Å². The van der Waals surface area contributed by atoms with E-state index in [1.165, 1.54) is 17.0 Å². The quantitative estimate of drug-likeness (QED) is 0.273. The second-order valence-corrected chi connectivity index (χ2v) is 8.27. The molecule has 1 amide bonds. The lowest BCUT2D eigenvalue weighted by Crippen LogP contribution is -2.29. The number of nitrogens with zero attached hydrogens (tertiary/aromatic N) is 1. The third-order valence-corrected chi connectivity index (χ3v) is 6.09. The monoisotopic (exact) mass is 477 g/mol. The summed E-state index contributed by atoms with van der Waals surface area (Å²) in [4.78, 5) is 27.8. The van der Waals surface area contributed by atoms with E-state index in [1.54, 1.807) is 42.5 Å². The van der Waals surface area contributed by atoms with Crippen molar-refractivity contribution in [3.8, 4) is 11.5 Å². The molecular formula is C27H24ClNO5. The predicted octanol–water partition coefficient (Wildman–Crippen LogP) is 5.63. The number of Topliss-reactive ketones (excluding diaryl/α,β-unsaturated/α-hetero) is 1. The Kier molecular flexibility index (Phi) is 6.61. The highest BCUT2D eigenvalue weighted by Gasteiger charge is 2.47. The van der Waals surface area contributed by atoms with E-state index in [9.17, 15) is 19.8 Å². The molecule has 34 heavy (non-hydrogen) atoms. The van der Waals surface area contributed by atoms with E-state index in [1.807, 2.05) is 26.0 Å². The number of phenols is 1. The normalized spacial score (nSPS) is 17.3. The molecule has 2 N–H and O–H groups in total. The summed E-state index contributed by atoms with van der Waals surface area (Å²) in [5.74, 6) is -1.47. The third kappa shape index (κ3) is 4.24. The molecule has 0 aliphatic carbocycles. The van der Waals surface area contributed by atoms with E-state index < -0.39 is 17.7 Å². The molecule has 0 saturated carbocycles. The number of aromatic hydroxyl groups is 1. The lowest BCUT2D eigenvalue weighted by molar-refractivity contribution is -0.132. The van der Waals surface area contributed by atoms with E-state index in [-0.39, 0.29) is 17.1 Å². The summed E-state index contributed by atoms with van der Waals surface area (Å²) < 4.78 is 5.52. The number of hydrogen-bond donors (Lipinski definition) is 2. The van der Waals surface area contributed by atoms with Crippen LogP contribution >= 0.6 is 11.6 Å². The summed E-state index contributed by atoms with van der Waals surface area (Å²) in [5, 5.41) is 21.4. The van der Waals surface area contributed by atoms with Crippen LogP contribution in [-0.2, 0) is 16.0 Å². The molecule has 7 heteroatoms. The van der Waals surface area contributed by atoms with Gasteiger partial charge in [-0.2, -0.15) is 0 Å². The number of aryl methyl sites for hydroxylation is 1. The van der Waals surface area contributed by atoms with Gasteiger partial charge in [-0.1, -0.05) is 42.8 Å². The summed E-state index contributed by atoms with van der Waals surface area (Å²) in [6, 6.07) is 17.4. The zero-order valence-corrected chi connectivity index (χ0v) is 19.5. The van der Waals surface area contributed by atoms with Crippen LogP contribution < -0.4 is 9.64 Å². The Morgan fingerprint density at radius 3 is 2.29 bits per heavy atom. The average molecular weight is 478 g/mol. The maximum absolute atomic E-state index is 13.2. The molecule has 1 fully saturated rings. The Labute approximate surface area is 202 Å². The van der Waals surface area contributed by atoms with Gasteiger partial charge in [-0.3, -0.25) is 14.5 Å². The fraction of sp³-hybridized carbons (Fsp3) is 0.185. The first kappa shape index (κ1) is 23.4. The minimum absolute atomic E-state index is 0.0482. The molecule has 3 aromatic carbocycles. The maximum Gasteiger partial charge on any atom is 0.300 e. The van der Waals surface area contributed by atoms with Crippen LogP contribution in [0, 0.1) is 0 Å². The van der Waals surface area contributed by atoms with E-state index in [4.69, 9.17) is 16.3 Å². The van der Waals surface area contributed by atoms with Crippen LogP contribution in [0.2, 0.25) is 5.02 Å². The van der Waals surface area contributed by atoms with Crippen LogP contribution in [-0.4, -0.2) is 28.5 Å². The van der Waals surface area contributed by atoms with Crippen molar-refractivity contribution in [1.29, 1.82) is 0 Å². The van der Waals surface area contributed by atoms with Gasteiger partial charge < -0.3 is 14.9 Å². The van der Waals surface area contributed by atoms with E-state index >= 15 is 0 Å². The molecule has 0 bridgehead atoms. The molecule has 1 atom stereocenters. The molecule has 3 aromatic rings. The predicted molar refractivity (Wildman–Crippen MR) is 131 cm³/mol. The van der Waals surface area contributed by atoms with E-state index in [0.29, 0.717) is 34.2 Å². The number of halogens is 1. The first-order valence-electron chi connectivity index (χ1n) is 11.0. The Morgan fingerprint density at radius 1 is 1.00 bits per heavy atom. The van der Waals surface area contributed by atoms with Crippen LogP contribution in [0.1, 0.15) is 36.6 Å². The number of rotatable bonds is 6. The second kappa shape index (κ2) is 9.61. The number of benzene rings is 3. The Bertz CT molecular complexity index is 1270. The van der Waals surface area contributed by atoms with Gasteiger partial charge >= 0.3 is 0 Å². The number of phenolic OH excluding ortho intramolecular Hbond substituents is 1. The van der Waals surface area contributed by atoms with Crippen molar-refractivity contribution < 1.29 is 24.5 Å². The molecule has 1 aliphatic rings. The fourth-order valence-electron chi connectivity index (χ4n) is 4.04. The summed E-state index contributed by atoms with van der Waals surface area (Å²) in [6.07, 6.45) is 0.833. The topological polar surface area (TPSA) is 87.1 Å². The van der Waals surface area contributed by atoms with Crippen LogP contribution in [0.25, 0.3) is 5.76 Å². The van der Waals surface area contributed by atoms with Gasteiger partial charge in [-0.05, 0) is 66.9 Å². The lowest BCUT2D eigenvalue weighted by Gasteiger charge is -2.25. The van der Waals surface area contributed by atoms with Crippen LogP contribution in [0.5, 0.6) is 11.5 Å². The summed E-state index contributed by atoms with van der Waals surface area (Å²) in [7, 11) is 0. The molecule has 6 nitrogen and oxygen atoms in total. The molecule has 0 radical (unpaired) electrons. The first-order valence-corrected chi connectivity index (χ1v) is 11.3. The number of amides is 1. The smallest absolute Gasteiger partial charge is 0.300 e. The largest absolute Gasteiger partial charge is 0.508 e. The van der Waals surface area contributed by atoms with Gasteiger partial charge in [0.1, 0.15) is 17.3 Å². The van der Waals surface area contributed by atoms with Crippen molar-refractivity contribution in [3.05, 3.63) is 94.0 Å². The highest BCUT2D eigenvalue weighted by Crippen LogP contribution is 2.43. The SMILES string of the molecule is CCOc1cc(/C(O)=C2/C(=O)C(=O)N(c3ccc(CC)cc3)C2c2ccc(O)cc2)ccc1Cl. The molecule has 0 spiro atoms. The molecule has 1 unspecified atom stereocenters. The van der Waals surface area contributed by atoms with Crippen molar-refractivity contribution in [2.45, 2.75) is 26.3 Å². The minimum Gasteiger partial charge on any atom is -0.508 e. The number of ketones is 1. The highest BCUT2D eigenvalue weighted by molar-refractivity contribution is 6.51. The number of carbonyl (C=O) groups is 2. The fourth-order valence-corrected chi connectivity index (χ4v) is 4.21. The number of aliphatic hydroxyl groups excluding tert-OH is 1. The molecule has 1 heterocycles. The van der Waals surface area contributed by atoms with Gasteiger partial charge in [0.15, 0.2) is 0 Å². The number of carbonyl (C=O) groups excluding carboxylic acids is 2. The van der Waals surface area contributed by atoms with Crippen LogP contribution in [0.4, 0.5) is 5.69 Å². The molecule has 0 aromatic heterocycles. The van der Waals surface area contributed by atoms with Gasteiger partial charge in [0, 0.05) is 11.3 Å². The minimum atomic E-state index is -0.890. The zero-order chi connectivity index (χ0) is 24.4.